The molecule has 29 heavy (non-hydrogen) atoms. The highest BCUT2D eigenvalue weighted by Gasteiger charge is 2.28. The summed E-state index contributed by atoms with van der Waals surface area (Å²) in [6.07, 6.45) is 3.95. The number of anilines is 1. The van der Waals surface area contributed by atoms with Crippen molar-refractivity contribution in [2.75, 3.05) is 18.8 Å². The molecule has 0 aromatic carbocycles. The Hall–Kier alpha value is -2.18. The highest BCUT2D eigenvalue weighted by atomic mass is 16.6. The molecular formula is C22H36N4O3. The van der Waals surface area contributed by atoms with E-state index in [-0.39, 0.29) is 24.2 Å². The molecule has 1 amide bonds. The summed E-state index contributed by atoms with van der Waals surface area (Å²) in [5.41, 5.74) is 7.54. The van der Waals surface area contributed by atoms with Crippen LogP contribution in [0.2, 0.25) is 0 Å². The molecule has 2 N–H and O–H groups in total. The van der Waals surface area contributed by atoms with Crippen molar-refractivity contribution >= 4 is 17.7 Å². The standard InChI is InChI=1S/C22H36N4O3/c1-14(13-19(27)29-22(4,5)6)21(28)26-11-9-17(10-12-26)7-8-18-15(2)24-16(3)25-20(18)23/h14,17H,7-13H2,1-6H3,(H2,23,24,25)/t14-/m1/s1. The number of piperidine rings is 1. The summed E-state index contributed by atoms with van der Waals surface area (Å²) >= 11 is 0. The topological polar surface area (TPSA) is 98.4 Å². The van der Waals surface area contributed by atoms with Crippen LogP contribution < -0.4 is 5.73 Å². The van der Waals surface area contributed by atoms with E-state index in [4.69, 9.17) is 10.5 Å². The van der Waals surface area contributed by atoms with E-state index in [0.29, 0.717) is 17.6 Å². The molecule has 0 spiro atoms. The second-order valence-electron chi connectivity index (χ2n) is 9.22. The average molecular weight is 405 g/mol. The molecule has 2 heterocycles. The van der Waals surface area contributed by atoms with Gasteiger partial charge in [-0.05, 0) is 66.2 Å². The summed E-state index contributed by atoms with van der Waals surface area (Å²) in [6, 6.07) is 0. The van der Waals surface area contributed by atoms with Crippen LogP contribution in [0.1, 0.15) is 70.5 Å². The van der Waals surface area contributed by atoms with Gasteiger partial charge in [0.25, 0.3) is 0 Å². The molecule has 1 aromatic heterocycles. The number of hydrogen-bond donors (Lipinski definition) is 1. The molecule has 1 aliphatic heterocycles. The molecule has 2 rings (SSSR count). The van der Waals surface area contributed by atoms with Crippen molar-refractivity contribution in [2.24, 2.45) is 11.8 Å². The molecule has 7 heteroatoms. The van der Waals surface area contributed by atoms with Gasteiger partial charge in [-0.15, -0.1) is 0 Å². The van der Waals surface area contributed by atoms with Crippen LogP contribution in [-0.2, 0) is 20.7 Å². The number of carbonyl (C=O) groups excluding carboxylic acids is 2. The molecule has 1 aliphatic rings. The van der Waals surface area contributed by atoms with E-state index in [1.165, 1.54) is 0 Å². The number of aromatic nitrogens is 2. The highest BCUT2D eigenvalue weighted by Crippen LogP contribution is 2.26. The lowest BCUT2D eigenvalue weighted by Gasteiger charge is -2.33. The maximum absolute atomic E-state index is 12.7. The van der Waals surface area contributed by atoms with E-state index >= 15 is 0 Å². The van der Waals surface area contributed by atoms with E-state index < -0.39 is 5.60 Å². The van der Waals surface area contributed by atoms with Crippen LogP contribution in [0.15, 0.2) is 0 Å². The fraction of sp³-hybridized carbons (Fsp3) is 0.727. The van der Waals surface area contributed by atoms with Crippen molar-refractivity contribution in [1.29, 1.82) is 0 Å². The number of ether oxygens (including phenoxy) is 1. The third-order valence-electron chi connectivity index (χ3n) is 5.40. The van der Waals surface area contributed by atoms with Crippen molar-refractivity contribution in [3.05, 3.63) is 17.1 Å². The van der Waals surface area contributed by atoms with Crippen molar-refractivity contribution in [3.63, 3.8) is 0 Å². The number of likely N-dealkylation sites (tertiary alicyclic amines) is 1. The van der Waals surface area contributed by atoms with Crippen LogP contribution in [0.5, 0.6) is 0 Å². The van der Waals surface area contributed by atoms with Gasteiger partial charge in [-0.1, -0.05) is 6.92 Å². The lowest BCUT2D eigenvalue weighted by Crippen LogP contribution is -2.42. The van der Waals surface area contributed by atoms with Gasteiger partial charge in [-0.2, -0.15) is 0 Å². The number of nitrogen functional groups attached to an aromatic ring is 1. The van der Waals surface area contributed by atoms with Gasteiger partial charge in [-0.3, -0.25) is 9.59 Å². The minimum Gasteiger partial charge on any atom is -0.460 e. The third-order valence-corrected chi connectivity index (χ3v) is 5.40. The summed E-state index contributed by atoms with van der Waals surface area (Å²) in [6.45, 7) is 12.6. The van der Waals surface area contributed by atoms with Gasteiger partial charge in [-0.25, -0.2) is 9.97 Å². The van der Waals surface area contributed by atoms with Crippen LogP contribution in [0.4, 0.5) is 5.82 Å². The number of nitrogens with zero attached hydrogens (tertiary/aromatic N) is 3. The number of nitrogens with two attached hydrogens (primary N) is 1. The lowest BCUT2D eigenvalue weighted by atomic mass is 9.89. The SMILES string of the molecule is Cc1nc(C)c(CCC2CCN(C(=O)[C@H](C)CC(=O)OC(C)(C)C)CC2)c(N)n1. The zero-order valence-corrected chi connectivity index (χ0v) is 18.7. The summed E-state index contributed by atoms with van der Waals surface area (Å²) in [5, 5.41) is 0. The van der Waals surface area contributed by atoms with E-state index in [0.717, 1.165) is 50.0 Å². The van der Waals surface area contributed by atoms with E-state index in [9.17, 15) is 9.59 Å². The van der Waals surface area contributed by atoms with E-state index in [1.54, 1.807) is 6.92 Å². The number of esters is 1. The Labute approximate surface area is 174 Å². The first kappa shape index (κ1) is 23.1. The quantitative estimate of drug-likeness (QED) is 0.731. The lowest BCUT2D eigenvalue weighted by molar-refractivity contribution is -0.158. The van der Waals surface area contributed by atoms with Gasteiger partial charge in [0.15, 0.2) is 0 Å². The third kappa shape index (κ3) is 6.98. The summed E-state index contributed by atoms with van der Waals surface area (Å²) < 4.78 is 5.33. The monoisotopic (exact) mass is 404 g/mol. The Bertz CT molecular complexity index is 711. The van der Waals surface area contributed by atoms with Gasteiger partial charge < -0.3 is 15.4 Å². The zero-order chi connectivity index (χ0) is 21.8. The van der Waals surface area contributed by atoms with Gasteiger partial charge >= 0.3 is 5.97 Å². The molecule has 1 saturated heterocycles. The first-order valence-electron chi connectivity index (χ1n) is 10.6. The molecule has 0 radical (unpaired) electrons. The number of hydrogen-bond acceptors (Lipinski definition) is 6. The smallest absolute Gasteiger partial charge is 0.307 e. The minimum absolute atomic E-state index is 0.0429. The van der Waals surface area contributed by atoms with Crippen LogP contribution in [0.3, 0.4) is 0 Å². The number of aryl methyl sites for hydroxylation is 2. The molecule has 0 unspecified atom stereocenters. The molecular weight excluding hydrogens is 368 g/mol. The second-order valence-corrected chi connectivity index (χ2v) is 9.22. The molecule has 0 saturated carbocycles. The Morgan fingerprint density at radius 2 is 1.83 bits per heavy atom. The molecule has 1 atom stereocenters. The molecule has 0 bridgehead atoms. The second kappa shape index (κ2) is 9.55. The largest absolute Gasteiger partial charge is 0.460 e. The summed E-state index contributed by atoms with van der Waals surface area (Å²) in [7, 11) is 0. The molecule has 1 aromatic rings. The van der Waals surface area contributed by atoms with Crippen molar-refractivity contribution in [3.8, 4) is 0 Å². The Balaban J connectivity index is 1.80. The fourth-order valence-electron chi connectivity index (χ4n) is 3.89. The Morgan fingerprint density at radius 1 is 1.21 bits per heavy atom. The first-order chi connectivity index (χ1) is 13.5. The van der Waals surface area contributed by atoms with Crippen LogP contribution in [-0.4, -0.2) is 45.4 Å². The summed E-state index contributed by atoms with van der Waals surface area (Å²) in [5.74, 6) is 1.21. The normalized spacial score (nSPS) is 16.6. The molecule has 1 fully saturated rings. The maximum atomic E-state index is 12.7. The van der Waals surface area contributed by atoms with Gasteiger partial charge in [0.1, 0.15) is 17.2 Å². The van der Waals surface area contributed by atoms with Crippen LogP contribution in [0, 0.1) is 25.7 Å². The maximum Gasteiger partial charge on any atom is 0.307 e. The summed E-state index contributed by atoms with van der Waals surface area (Å²) in [4.78, 5) is 35.3. The number of rotatable bonds is 6. The molecule has 162 valence electrons. The van der Waals surface area contributed by atoms with Crippen molar-refractivity contribution in [1.82, 2.24) is 14.9 Å². The first-order valence-corrected chi connectivity index (χ1v) is 10.6. The Morgan fingerprint density at radius 3 is 2.38 bits per heavy atom. The van der Waals surface area contributed by atoms with Gasteiger partial charge in [0.2, 0.25) is 5.91 Å². The van der Waals surface area contributed by atoms with Crippen molar-refractivity contribution < 1.29 is 14.3 Å². The Kier molecular flexibility index (Phi) is 7.60. The average Bonchev–Trinajstić information content (AvgIpc) is 2.59. The highest BCUT2D eigenvalue weighted by molar-refractivity contribution is 5.83. The molecule has 0 aliphatic carbocycles. The van der Waals surface area contributed by atoms with Gasteiger partial charge in [0.05, 0.1) is 6.42 Å². The van der Waals surface area contributed by atoms with E-state index in [1.807, 2.05) is 39.5 Å². The predicted octanol–water partition coefficient (Wildman–Crippen LogP) is 3.21. The minimum atomic E-state index is -0.525. The number of carbonyl (C=O) groups is 2. The van der Waals surface area contributed by atoms with Crippen LogP contribution in [0.25, 0.3) is 0 Å². The van der Waals surface area contributed by atoms with Crippen LogP contribution >= 0.6 is 0 Å². The van der Waals surface area contributed by atoms with Crippen molar-refractivity contribution in [2.45, 2.75) is 79.2 Å². The molecule has 7 nitrogen and oxygen atoms in total. The predicted molar refractivity (Wildman–Crippen MR) is 113 cm³/mol. The van der Waals surface area contributed by atoms with E-state index in [2.05, 4.69) is 9.97 Å². The number of amides is 1. The van der Waals surface area contributed by atoms with Gasteiger partial charge in [0, 0.05) is 30.3 Å². The zero-order valence-electron chi connectivity index (χ0n) is 18.7. The fourth-order valence-corrected chi connectivity index (χ4v) is 3.89.